The fourth-order valence-electron chi connectivity index (χ4n) is 5.70. The van der Waals surface area contributed by atoms with Crippen molar-refractivity contribution >= 4 is 46.3 Å². The van der Waals surface area contributed by atoms with E-state index in [-0.39, 0.29) is 18.3 Å². The number of benzene rings is 1. The third-order valence-electron chi connectivity index (χ3n) is 8.24. The molecule has 2 fully saturated rings. The van der Waals surface area contributed by atoms with Gasteiger partial charge in [-0.1, -0.05) is 45.9 Å². The quantitative estimate of drug-likeness (QED) is 0.286. The van der Waals surface area contributed by atoms with Crippen LogP contribution in [0.3, 0.4) is 0 Å². The fraction of sp³-hybridized carbons (Fsp3) is 0.548. The highest BCUT2D eigenvalue weighted by molar-refractivity contribution is 5.98. The third-order valence-corrected chi connectivity index (χ3v) is 8.24. The molecule has 44 heavy (non-hydrogen) atoms. The molecule has 13 heteroatoms. The van der Waals surface area contributed by atoms with Crippen LogP contribution in [0, 0.1) is 11.8 Å². The van der Waals surface area contributed by atoms with Gasteiger partial charge in [-0.25, -0.2) is 0 Å². The number of H-pyrrole nitrogens is 1. The molecule has 238 valence electrons. The smallest absolute Gasteiger partial charge is 0.246 e. The zero-order chi connectivity index (χ0) is 32.1. The number of fused-ring (bicyclic) bond motifs is 2. The molecule has 0 spiro atoms. The Morgan fingerprint density at radius 1 is 0.818 bits per heavy atom. The highest BCUT2D eigenvalue weighted by Crippen LogP contribution is 2.22. The van der Waals surface area contributed by atoms with Gasteiger partial charge in [0.15, 0.2) is 0 Å². The molecule has 5 atom stereocenters. The van der Waals surface area contributed by atoms with Crippen molar-refractivity contribution in [3.8, 4) is 0 Å². The molecular weight excluding hydrogens is 566 g/mol. The number of carbonyl (C=O) groups is 6. The third kappa shape index (κ3) is 7.37. The molecule has 0 radical (unpaired) electrons. The lowest BCUT2D eigenvalue weighted by Crippen LogP contribution is -2.61. The maximum Gasteiger partial charge on any atom is 0.246 e. The van der Waals surface area contributed by atoms with Crippen molar-refractivity contribution < 1.29 is 28.8 Å². The summed E-state index contributed by atoms with van der Waals surface area (Å²) in [6, 6.07) is 2.70. The number of hydrogen-bond acceptors (Lipinski definition) is 6. The van der Waals surface area contributed by atoms with Crippen LogP contribution in [0.2, 0.25) is 0 Å². The lowest BCUT2D eigenvalue weighted by atomic mass is 9.99. The lowest BCUT2D eigenvalue weighted by Gasteiger charge is -2.32. The standard InChI is InChI=1S/C31H43N7O6/c1-16(2)25-30(43)33-15-24(39)34-18(5)27(40)35-22(13-19-14-32-21-10-7-6-9-20(19)21)28(41)37-26(17(3)4)31(44)38-12-8-11-23(38)29(42)36-25/h6-7,9-10,14,16-18,22-23,25-26,32H,8,11-13,15H2,1-5H3,(H,33,43)(H,34,39)(H,35,40)(H,36,42)(H,37,41)/t18-,22-,23-,25-,26-/m1/s1. The minimum Gasteiger partial charge on any atom is -0.361 e. The first-order chi connectivity index (χ1) is 20.9. The summed E-state index contributed by atoms with van der Waals surface area (Å²) in [5.74, 6) is -3.85. The fourth-order valence-corrected chi connectivity index (χ4v) is 5.70. The van der Waals surface area contributed by atoms with Crippen LogP contribution >= 0.6 is 0 Å². The molecule has 1 aromatic carbocycles. The summed E-state index contributed by atoms with van der Waals surface area (Å²) < 4.78 is 0. The van der Waals surface area contributed by atoms with Crippen LogP contribution in [0.25, 0.3) is 10.9 Å². The van der Waals surface area contributed by atoms with Gasteiger partial charge in [-0.15, -0.1) is 0 Å². The summed E-state index contributed by atoms with van der Waals surface area (Å²) in [6.45, 7) is 8.49. The number of nitrogens with one attached hydrogen (secondary N) is 6. The van der Waals surface area contributed by atoms with E-state index >= 15 is 0 Å². The Morgan fingerprint density at radius 3 is 2.20 bits per heavy atom. The van der Waals surface area contributed by atoms with Crippen LogP contribution in [0.4, 0.5) is 0 Å². The summed E-state index contributed by atoms with van der Waals surface area (Å²) in [5, 5.41) is 14.3. The van der Waals surface area contributed by atoms with Crippen LogP contribution < -0.4 is 26.6 Å². The number of rotatable bonds is 4. The molecule has 0 bridgehead atoms. The molecule has 0 saturated carbocycles. The molecule has 0 unspecified atom stereocenters. The Labute approximate surface area is 256 Å². The number of para-hydroxylation sites is 1. The Balaban J connectivity index is 1.67. The maximum atomic E-state index is 13.9. The van der Waals surface area contributed by atoms with E-state index in [0.29, 0.717) is 19.4 Å². The first-order valence-electron chi connectivity index (χ1n) is 15.2. The maximum absolute atomic E-state index is 13.9. The summed E-state index contributed by atoms with van der Waals surface area (Å²) in [6.07, 6.45) is 2.87. The normalized spacial score (nSPS) is 26.4. The van der Waals surface area contributed by atoms with Gasteiger partial charge in [0.2, 0.25) is 35.4 Å². The van der Waals surface area contributed by atoms with Gasteiger partial charge in [0.25, 0.3) is 0 Å². The van der Waals surface area contributed by atoms with Crippen LogP contribution in [0.15, 0.2) is 30.5 Å². The van der Waals surface area contributed by atoms with Crippen LogP contribution in [-0.2, 0) is 35.2 Å². The van der Waals surface area contributed by atoms with Gasteiger partial charge in [-0.3, -0.25) is 28.8 Å². The Bertz CT molecular complexity index is 1420. The zero-order valence-corrected chi connectivity index (χ0v) is 25.9. The number of aromatic amines is 1. The first-order valence-corrected chi connectivity index (χ1v) is 15.2. The van der Waals surface area contributed by atoms with E-state index in [1.54, 1.807) is 33.9 Å². The van der Waals surface area contributed by atoms with E-state index in [9.17, 15) is 28.8 Å². The molecule has 2 aliphatic heterocycles. The van der Waals surface area contributed by atoms with Gasteiger partial charge in [-0.2, -0.15) is 0 Å². The summed E-state index contributed by atoms with van der Waals surface area (Å²) in [4.78, 5) is 84.7. The largest absolute Gasteiger partial charge is 0.361 e. The topological polar surface area (TPSA) is 182 Å². The number of aromatic nitrogens is 1. The second-order valence-corrected chi connectivity index (χ2v) is 12.3. The predicted molar refractivity (Wildman–Crippen MR) is 163 cm³/mol. The van der Waals surface area contributed by atoms with E-state index < -0.39 is 72.2 Å². The van der Waals surface area contributed by atoms with Crippen molar-refractivity contribution in [3.63, 3.8) is 0 Å². The van der Waals surface area contributed by atoms with Crippen LogP contribution in [0.5, 0.6) is 0 Å². The minimum atomic E-state index is -1.09. The Kier molecular flexibility index (Phi) is 10.3. The van der Waals surface area contributed by atoms with E-state index in [4.69, 9.17) is 0 Å². The molecule has 1 aromatic heterocycles. The molecule has 2 aliphatic rings. The molecular formula is C31H43N7O6. The van der Waals surface area contributed by atoms with Crippen molar-refractivity contribution in [2.24, 2.45) is 11.8 Å². The van der Waals surface area contributed by atoms with Crippen molar-refractivity contribution in [2.45, 2.75) is 84.1 Å². The average molecular weight is 610 g/mol. The first kappa shape index (κ1) is 32.5. The van der Waals surface area contributed by atoms with Gasteiger partial charge >= 0.3 is 0 Å². The predicted octanol–water partition coefficient (Wildman–Crippen LogP) is 0.102. The van der Waals surface area contributed by atoms with E-state index in [1.165, 1.54) is 11.8 Å². The Hall–Kier alpha value is -4.42. The summed E-state index contributed by atoms with van der Waals surface area (Å²) in [5.41, 5.74) is 1.65. The highest BCUT2D eigenvalue weighted by atomic mass is 16.2. The van der Waals surface area contributed by atoms with Gasteiger partial charge in [0, 0.05) is 30.1 Å². The SMILES string of the molecule is CC(C)[C@H]1NC(=O)[C@H]2CCCN2C(=O)[C@@H](C(C)C)NC(=O)[C@@H](Cc2c[nH]c3ccccc23)NC(=O)[C@@H](C)NC(=O)CNC1=O. The second-order valence-electron chi connectivity index (χ2n) is 12.3. The lowest BCUT2D eigenvalue weighted by molar-refractivity contribution is -0.143. The molecule has 0 aliphatic carbocycles. The molecule has 6 amide bonds. The zero-order valence-electron chi connectivity index (χ0n) is 25.9. The molecule has 2 saturated heterocycles. The van der Waals surface area contributed by atoms with Gasteiger partial charge in [0.1, 0.15) is 30.2 Å². The van der Waals surface area contributed by atoms with Crippen molar-refractivity contribution in [1.29, 1.82) is 0 Å². The van der Waals surface area contributed by atoms with Crippen LogP contribution in [0.1, 0.15) is 53.0 Å². The molecule has 3 heterocycles. The molecule has 13 nitrogen and oxygen atoms in total. The van der Waals surface area contributed by atoms with E-state index in [0.717, 1.165) is 16.5 Å². The average Bonchev–Trinajstić information content (AvgIpc) is 3.63. The number of carbonyl (C=O) groups excluding carboxylic acids is 6. The van der Waals surface area contributed by atoms with Gasteiger partial charge in [-0.05, 0) is 43.2 Å². The minimum absolute atomic E-state index is 0.114. The monoisotopic (exact) mass is 609 g/mol. The van der Waals surface area contributed by atoms with Crippen molar-refractivity contribution in [3.05, 3.63) is 36.0 Å². The Morgan fingerprint density at radius 2 is 1.50 bits per heavy atom. The van der Waals surface area contributed by atoms with E-state index in [2.05, 4.69) is 31.6 Å². The summed E-state index contributed by atoms with van der Waals surface area (Å²) in [7, 11) is 0. The number of hydrogen-bond donors (Lipinski definition) is 6. The molecule has 6 N–H and O–H groups in total. The molecule has 4 rings (SSSR count). The van der Waals surface area contributed by atoms with E-state index in [1.807, 2.05) is 24.3 Å². The van der Waals surface area contributed by atoms with Gasteiger partial charge in [0.05, 0.1) is 6.54 Å². The van der Waals surface area contributed by atoms with Crippen molar-refractivity contribution in [2.75, 3.05) is 13.1 Å². The number of nitrogens with zero attached hydrogens (tertiary/aromatic N) is 1. The van der Waals surface area contributed by atoms with Crippen molar-refractivity contribution in [1.82, 2.24) is 36.5 Å². The highest BCUT2D eigenvalue weighted by Gasteiger charge is 2.41. The summed E-state index contributed by atoms with van der Waals surface area (Å²) >= 11 is 0. The van der Waals surface area contributed by atoms with Gasteiger partial charge < -0.3 is 36.5 Å². The molecule has 2 aromatic rings. The number of amides is 6. The van der Waals surface area contributed by atoms with Crippen LogP contribution in [-0.4, -0.2) is 88.6 Å². The second kappa shape index (κ2) is 13.9.